The van der Waals surface area contributed by atoms with Crippen molar-refractivity contribution >= 4 is 28.3 Å². The second-order valence-corrected chi connectivity index (χ2v) is 11.8. The first-order valence-corrected chi connectivity index (χ1v) is 15.0. The Morgan fingerprint density at radius 3 is 2.56 bits per heavy atom. The van der Waals surface area contributed by atoms with Crippen molar-refractivity contribution in [2.24, 2.45) is 0 Å². The van der Waals surface area contributed by atoms with Gasteiger partial charge in [-0.05, 0) is 86.7 Å². The Morgan fingerprint density at radius 2 is 1.76 bits per heavy atom. The Hall–Kier alpha value is -3.88. The van der Waals surface area contributed by atoms with Gasteiger partial charge in [-0.3, -0.25) is 4.79 Å². The first kappa shape index (κ1) is 26.0. The summed E-state index contributed by atoms with van der Waals surface area (Å²) in [6.45, 7) is 7.71. The number of rotatable bonds is 6. The van der Waals surface area contributed by atoms with Gasteiger partial charge in [-0.2, -0.15) is 0 Å². The van der Waals surface area contributed by atoms with E-state index in [2.05, 4.69) is 50.2 Å². The number of hydrogen-bond acceptors (Lipinski definition) is 6. The topological polar surface area (TPSA) is 87.7 Å². The maximum absolute atomic E-state index is 13.1. The number of hydrogen-bond donors (Lipinski definition) is 3. The molecule has 0 bridgehead atoms. The number of phenols is 1. The Balaban J connectivity index is 1.05. The fraction of sp³-hybridized carbons (Fsp3) is 0.394. The van der Waals surface area contributed by atoms with Gasteiger partial charge >= 0.3 is 0 Å². The zero-order chi connectivity index (χ0) is 27.9. The predicted molar refractivity (Wildman–Crippen MR) is 164 cm³/mol. The number of aryl methyl sites for hydroxylation is 1. The molecular weight excluding hydrogens is 512 g/mol. The van der Waals surface area contributed by atoms with Crippen molar-refractivity contribution in [1.29, 1.82) is 0 Å². The van der Waals surface area contributed by atoms with Gasteiger partial charge in [0, 0.05) is 68.3 Å². The van der Waals surface area contributed by atoms with E-state index in [9.17, 15) is 9.90 Å². The maximum Gasteiger partial charge on any atom is 0.255 e. The lowest BCUT2D eigenvalue weighted by Crippen LogP contribution is -2.45. The molecule has 3 aliphatic rings. The number of benzene rings is 3. The zero-order valence-corrected chi connectivity index (χ0v) is 23.7. The highest BCUT2D eigenvalue weighted by molar-refractivity contribution is 6.06. The van der Waals surface area contributed by atoms with Crippen LogP contribution in [-0.4, -0.2) is 83.6 Å². The molecule has 1 aromatic heterocycles. The summed E-state index contributed by atoms with van der Waals surface area (Å²) in [6, 6.07) is 15.8. The number of carbonyl (C=O) groups is 1. The quantitative estimate of drug-likeness (QED) is 0.323. The highest BCUT2D eigenvalue weighted by Crippen LogP contribution is 2.45. The van der Waals surface area contributed by atoms with Crippen LogP contribution >= 0.6 is 0 Å². The SMILES string of the molecule is CN1CCN(CCc2ccc(NC(=O)c3ccc4nc(-c5cc6c7c(c5O)CCCN7CCC6)[nH]c4c3)cc2)CC1. The fourth-order valence-electron chi connectivity index (χ4n) is 6.62. The molecule has 212 valence electrons. The molecule has 0 saturated carbocycles. The summed E-state index contributed by atoms with van der Waals surface area (Å²) in [5.74, 6) is 0.817. The van der Waals surface area contributed by atoms with Crippen molar-refractivity contribution in [3.63, 3.8) is 0 Å². The van der Waals surface area contributed by atoms with Gasteiger partial charge in [0.2, 0.25) is 0 Å². The van der Waals surface area contributed by atoms with E-state index >= 15 is 0 Å². The Labute approximate surface area is 241 Å². The monoisotopic (exact) mass is 550 g/mol. The molecular formula is C33H38N6O2. The van der Waals surface area contributed by atoms with Crippen LogP contribution < -0.4 is 10.2 Å². The van der Waals surface area contributed by atoms with Crippen LogP contribution in [0.15, 0.2) is 48.5 Å². The summed E-state index contributed by atoms with van der Waals surface area (Å²) in [6.07, 6.45) is 5.11. The molecule has 4 heterocycles. The molecule has 7 rings (SSSR count). The van der Waals surface area contributed by atoms with Gasteiger partial charge in [-0.15, -0.1) is 0 Å². The first-order valence-electron chi connectivity index (χ1n) is 15.0. The van der Waals surface area contributed by atoms with E-state index in [1.165, 1.54) is 16.8 Å². The number of nitrogens with zero attached hydrogens (tertiary/aromatic N) is 4. The number of amides is 1. The van der Waals surface area contributed by atoms with Crippen LogP contribution in [0.5, 0.6) is 5.75 Å². The van der Waals surface area contributed by atoms with Gasteiger partial charge in [-0.25, -0.2) is 4.98 Å². The van der Waals surface area contributed by atoms with E-state index in [1.54, 1.807) is 6.07 Å². The van der Waals surface area contributed by atoms with Crippen molar-refractivity contribution < 1.29 is 9.90 Å². The smallest absolute Gasteiger partial charge is 0.255 e. The number of imidazole rings is 1. The van der Waals surface area contributed by atoms with Gasteiger partial charge in [-0.1, -0.05) is 12.1 Å². The van der Waals surface area contributed by atoms with Gasteiger partial charge in [0.25, 0.3) is 5.91 Å². The number of phenolic OH excluding ortho intramolecular Hbond substituents is 1. The van der Waals surface area contributed by atoms with Crippen molar-refractivity contribution in [1.82, 2.24) is 19.8 Å². The van der Waals surface area contributed by atoms with Crippen LogP contribution in [0.4, 0.5) is 11.4 Å². The molecule has 0 aliphatic carbocycles. The van der Waals surface area contributed by atoms with Crippen LogP contribution in [0.3, 0.4) is 0 Å². The van der Waals surface area contributed by atoms with E-state index in [0.29, 0.717) is 17.1 Å². The van der Waals surface area contributed by atoms with Gasteiger partial charge in [0.1, 0.15) is 11.6 Å². The number of aromatic amines is 1. The summed E-state index contributed by atoms with van der Waals surface area (Å²) in [5.41, 5.74) is 8.50. The summed E-state index contributed by atoms with van der Waals surface area (Å²) >= 11 is 0. The van der Waals surface area contributed by atoms with Crippen molar-refractivity contribution in [3.8, 4) is 17.1 Å². The molecule has 8 heteroatoms. The molecule has 3 N–H and O–H groups in total. The lowest BCUT2D eigenvalue weighted by Gasteiger charge is -2.37. The molecule has 3 aromatic carbocycles. The van der Waals surface area contributed by atoms with Crippen LogP contribution in [0.2, 0.25) is 0 Å². The van der Waals surface area contributed by atoms with Crippen LogP contribution in [0, 0.1) is 0 Å². The second-order valence-electron chi connectivity index (χ2n) is 11.8. The number of aromatic hydroxyl groups is 1. The number of aromatic nitrogens is 2. The van der Waals surface area contributed by atoms with Crippen molar-refractivity contribution in [2.45, 2.75) is 32.1 Å². The molecule has 0 atom stereocenters. The molecule has 8 nitrogen and oxygen atoms in total. The average molecular weight is 551 g/mol. The normalized spacial score (nSPS) is 17.5. The highest BCUT2D eigenvalue weighted by Gasteiger charge is 2.28. The molecule has 4 aromatic rings. The number of H-pyrrole nitrogens is 1. The Kier molecular flexibility index (Phi) is 6.88. The van der Waals surface area contributed by atoms with Crippen LogP contribution in [0.1, 0.15) is 39.9 Å². The standard InChI is InChI=1S/C33H38N6O2/c1-37-16-18-38(19-17-37)15-12-22-6-9-25(10-7-22)34-33(41)24-8-11-28-29(21-24)36-32(35-28)27-20-23-4-2-13-39-14-3-5-26(30(23)39)31(27)40/h6-11,20-21,40H,2-5,12-19H2,1H3,(H,34,41)(H,35,36). The number of likely N-dealkylation sites (N-methyl/N-ethyl adjacent to an activating group) is 1. The van der Waals surface area contributed by atoms with Crippen LogP contribution in [0.25, 0.3) is 22.4 Å². The first-order chi connectivity index (χ1) is 20.0. The minimum atomic E-state index is -0.158. The van der Waals surface area contributed by atoms with E-state index in [-0.39, 0.29) is 5.91 Å². The largest absolute Gasteiger partial charge is 0.507 e. The van der Waals surface area contributed by atoms with Crippen molar-refractivity contribution in [3.05, 3.63) is 70.8 Å². The number of nitrogens with one attached hydrogen (secondary N) is 2. The summed E-state index contributed by atoms with van der Waals surface area (Å²) in [5, 5.41) is 14.3. The average Bonchev–Trinajstić information content (AvgIpc) is 3.43. The minimum absolute atomic E-state index is 0.158. The lowest BCUT2D eigenvalue weighted by molar-refractivity contribution is 0.102. The third-order valence-corrected chi connectivity index (χ3v) is 9.02. The number of anilines is 2. The third kappa shape index (κ3) is 5.18. The van der Waals surface area contributed by atoms with Gasteiger partial charge < -0.3 is 30.1 Å². The number of piperazine rings is 1. The highest BCUT2D eigenvalue weighted by atomic mass is 16.3. The van der Waals surface area contributed by atoms with Gasteiger partial charge in [0.05, 0.1) is 16.6 Å². The predicted octanol–water partition coefficient (Wildman–Crippen LogP) is 4.68. The Morgan fingerprint density at radius 1 is 0.976 bits per heavy atom. The Bertz CT molecular complexity index is 1580. The zero-order valence-electron chi connectivity index (χ0n) is 23.7. The van der Waals surface area contributed by atoms with E-state index < -0.39 is 0 Å². The molecule has 0 spiro atoms. The second kappa shape index (κ2) is 10.8. The maximum atomic E-state index is 13.1. The third-order valence-electron chi connectivity index (χ3n) is 9.02. The van der Waals surface area contributed by atoms with E-state index in [4.69, 9.17) is 4.98 Å². The summed E-state index contributed by atoms with van der Waals surface area (Å²) < 4.78 is 0. The molecule has 1 fully saturated rings. The van der Waals surface area contributed by atoms with Gasteiger partial charge in [0.15, 0.2) is 0 Å². The molecule has 41 heavy (non-hydrogen) atoms. The summed E-state index contributed by atoms with van der Waals surface area (Å²) in [7, 11) is 2.18. The molecule has 3 aliphatic heterocycles. The number of fused-ring (bicyclic) bond motifs is 1. The van der Waals surface area contributed by atoms with E-state index in [0.717, 1.165) is 106 Å². The molecule has 1 amide bonds. The molecule has 0 radical (unpaired) electrons. The number of carbonyl (C=O) groups excluding carboxylic acids is 1. The summed E-state index contributed by atoms with van der Waals surface area (Å²) in [4.78, 5) is 28.6. The molecule has 1 saturated heterocycles. The fourth-order valence-corrected chi connectivity index (χ4v) is 6.62. The van der Waals surface area contributed by atoms with Crippen molar-refractivity contribution in [2.75, 3.05) is 63.1 Å². The lowest BCUT2D eigenvalue weighted by atomic mass is 9.89. The van der Waals surface area contributed by atoms with E-state index in [1.807, 2.05) is 24.3 Å². The molecule has 0 unspecified atom stereocenters. The minimum Gasteiger partial charge on any atom is -0.507 e. The van der Waals surface area contributed by atoms with Crippen LogP contribution in [-0.2, 0) is 19.3 Å².